The van der Waals surface area contributed by atoms with Crippen LogP contribution >= 0.6 is 0 Å². The van der Waals surface area contributed by atoms with Gasteiger partial charge in [0.1, 0.15) is 0 Å². The molecule has 2 rings (SSSR count). The standard InChI is InChI=1S/C14H18N4O/c1-10-13(8-16-9-14(15)19)11(2)18(17-10)12-6-4-3-5-7-12/h3-7,16H,8-9H2,1-2H3,(H2,15,19). The molecule has 0 radical (unpaired) electrons. The van der Waals surface area contributed by atoms with Crippen molar-refractivity contribution in [2.45, 2.75) is 20.4 Å². The maximum Gasteiger partial charge on any atom is 0.231 e. The molecule has 0 bridgehead atoms. The second kappa shape index (κ2) is 5.67. The normalized spacial score (nSPS) is 10.6. The number of aromatic nitrogens is 2. The number of nitrogens with two attached hydrogens (primary N) is 1. The van der Waals surface area contributed by atoms with Crippen molar-refractivity contribution in [1.82, 2.24) is 15.1 Å². The molecule has 0 spiro atoms. The van der Waals surface area contributed by atoms with Crippen molar-refractivity contribution in [2.24, 2.45) is 5.73 Å². The van der Waals surface area contributed by atoms with Crippen LogP contribution in [0.1, 0.15) is 17.0 Å². The molecule has 5 nitrogen and oxygen atoms in total. The summed E-state index contributed by atoms with van der Waals surface area (Å²) in [7, 11) is 0. The second-order valence-electron chi connectivity index (χ2n) is 4.47. The molecular formula is C14H18N4O. The molecule has 1 amide bonds. The molecule has 0 aliphatic heterocycles. The first-order chi connectivity index (χ1) is 9.09. The quantitative estimate of drug-likeness (QED) is 0.842. The number of hydrogen-bond donors (Lipinski definition) is 2. The Morgan fingerprint density at radius 3 is 2.63 bits per heavy atom. The molecule has 0 unspecified atom stereocenters. The minimum absolute atomic E-state index is 0.176. The predicted molar refractivity (Wildman–Crippen MR) is 73.9 cm³/mol. The predicted octanol–water partition coefficient (Wildman–Crippen LogP) is 1.06. The molecule has 0 fully saturated rings. The Kier molecular flexibility index (Phi) is 3.97. The van der Waals surface area contributed by atoms with Crippen LogP contribution < -0.4 is 11.1 Å². The number of primary amides is 1. The minimum Gasteiger partial charge on any atom is -0.369 e. The maximum atomic E-state index is 10.7. The highest BCUT2D eigenvalue weighted by Gasteiger charge is 2.12. The van der Waals surface area contributed by atoms with Crippen molar-refractivity contribution >= 4 is 5.91 Å². The number of nitrogens with zero attached hydrogens (tertiary/aromatic N) is 2. The van der Waals surface area contributed by atoms with E-state index in [2.05, 4.69) is 10.4 Å². The average Bonchev–Trinajstić information content (AvgIpc) is 2.67. The molecule has 19 heavy (non-hydrogen) atoms. The zero-order valence-corrected chi connectivity index (χ0v) is 11.2. The first-order valence-corrected chi connectivity index (χ1v) is 6.19. The van der Waals surface area contributed by atoms with Gasteiger partial charge in [-0.3, -0.25) is 4.79 Å². The van der Waals surface area contributed by atoms with E-state index in [1.165, 1.54) is 0 Å². The molecule has 2 aromatic rings. The Labute approximate surface area is 112 Å². The van der Waals surface area contributed by atoms with Crippen LogP contribution in [-0.2, 0) is 11.3 Å². The lowest BCUT2D eigenvalue weighted by Gasteiger charge is -2.05. The SMILES string of the molecule is Cc1nn(-c2ccccc2)c(C)c1CNCC(N)=O. The molecule has 100 valence electrons. The lowest BCUT2D eigenvalue weighted by Crippen LogP contribution is -2.28. The van der Waals surface area contributed by atoms with Gasteiger partial charge in [-0.2, -0.15) is 5.10 Å². The summed E-state index contributed by atoms with van der Waals surface area (Å²) in [4.78, 5) is 10.7. The van der Waals surface area contributed by atoms with Crippen LogP contribution in [0.3, 0.4) is 0 Å². The maximum absolute atomic E-state index is 10.7. The lowest BCUT2D eigenvalue weighted by atomic mass is 10.2. The van der Waals surface area contributed by atoms with Gasteiger partial charge in [-0.25, -0.2) is 4.68 Å². The molecule has 0 atom stereocenters. The number of nitrogens with one attached hydrogen (secondary N) is 1. The van der Waals surface area contributed by atoms with E-state index < -0.39 is 0 Å². The van der Waals surface area contributed by atoms with Crippen LogP contribution in [0.4, 0.5) is 0 Å². The minimum atomic E-state index is -0.356. The van der Waals surface area contributed by atoms with Crippen molar-refractivity contribution < 1.29 is 4.79 Å². The van der Waals surface area contributed by atoms with Crippen LogP contribution in [0.5, 0.6) is 0 Å². The van der Waals surface area contributed by atoms with E-state index in [-0.39, 0.29) is 12.5 Å². The topological polar surface area (TPSA) is 72.9 Å². The van der Waals surface area contributed by atoms with E-state index in [1.54, 1.807) is 0 Å². The van der Waals surface area contributed by atoms with E-state index in [1.807, 2.05) is 48.9 Å². The second-order valence-corrected chi connectivity index (χ2v) is 4.47. The molecular weight excluding hydrogens is 240 g/mol. The summed E-state index contributed by atoms with van der Waals surface area (Å²) in [5.74, 6) is -0.356. The van der Waals surface area contributed by atoms with Gasteiger partial charge < -0.3 is 11.1 Å². The summed E-state index contributed by atoms with van der Waals surface area (Å²) in [5.41, 5.74) is 9.27. The van der Waals surface area contributed by atoms with Gasteiger partial charge in [0, 0.05) is 17.8 Å². The largest absolute Gasteiger partial charge is 0.369 e. The summed E-state index contributed by atoms with van der Waals surface area (Å²) < 4.78 is 1.91. The highest BCUT2D eigenvalue weighted by molar-refractivity contribution is 5.75. The Hall–Kier alpha value is -2.14. The fraction of sp³-hybridized carbons (Fsp3) is 0.286. The Morgan fingerprint density at radius 2 is 2.00 bits per heavy atom. The van der Waals surface area contributed by atoms with Crippen molar-refractivity contribution in [3.8, 4) is 5.69 Å². The van der Waals surface area contributed by atoms with Crippen LogP contribution in [0, 0.1) is 13.8 Å². The summed E-state index contributed by atoms with van der Waals surface area (Å²) in [6.07, 6.45) is 0. The van der Waals surface area contributed by atoms with Gasteiger partial charge in [0.15, 0.2) is 0 Å². The Bertz CT molecular complexity index is 575. The van der Waals surface area contributed by atoms with Gasteiger partial charge in [-0.05, 0) is 26.0 Å². The number of benzene rings is 1. The number of amides is 1. The van der Waals surface area contributed by atoms with Gasteiger partial charge in [0.25, 0.3) is 0 Å². The third kappa shape index (κ3) is 3.00. The average molecular weight is 258 g/mol. The highest BCUT2D eigenvalue weighted by atomic mass is 16.1. The summed E-state index contributed by atoms with van der Waals surface area (Å²) in [5, 5.41) is 7.56. The third-order valence-corrected chi connectivity index (χ3v) is 3.04. The zero-order chi connectivity index (χ0) is 13.8. The zero-order valence-electron chi connectivity index (χ0n) is 11.2. The van der Waals surface area contributed by atoms with Crippen molar-refractivity contribution in [2.75, 3.05) is 6.54 Å². The molecule has 1 aromatic heterocycles. The smallest absolute Gasteiger partial charge is 0.231 e. The fourth-order valence-corrected chi connectivity index (χ4v) is 2.06. The summed E-state index contributed by atoms with van der Waals surface area (Å²) in [6.45, 7) is 4.75. The Morgan fingerprint density at radius 1 is 1.32 bits per heavy atom. The van der Waals surface area contributed by atoms with Crippen LogP contribution in [0.15, 0.2) is 30.3 Å². The number of carbonyl (C=O) groups is 1. The van der Waals surface area contributed by atoms with Crippen LogP contribution in [-0.4, -0.2) is 22.2 Å². The van der Waals surface area contributed by atoms with Crippen LogP contribution in [0.2, 0.25) is 0 Å². The molecule has 1 aromatic carbocycles. The monoisotopic (exact) mass is 258 g/mol. The Balaban J connectivity index is 2.22. The number of hydrogen-bond acceptors (Lipinski definition) is 3. The number of aryl methyl sites for hydroxylation is 1. The first kappa shape index (κ1) is 13.3. The third-order valence-electron chi connectivity index (χ3n) is 3.04. The molecule has 5 heteroatoms. The van der Waals surface area contributed by atoms with E-state index in [0.29, 0.717) is 6.54 Å². The number of carbonyl (C=O) groups excluding carboxylic acids is 1. The summed E-state index contributed by atoms with van der Waals surface area (Å²) >= 11 is 0. The van der Waals surface area contributed by atoms with E-state index in [4.69, 9.17) is 5.73 Å². The molecule has 0 aliphatic carbocycles. The van der Waals surface area contributed by atoms with E-state index in [0.717, 1.165) is 22.6 Å². The van der Waals surface area contributed by atoms with Gasteiger partial charge in [-0.15, -0.1) is 0 Å². The van der Waals surface area contributed by atoms with Crippen molar-refractivity contribution in [1.29, 1.82) is 0 Å². The van der Waals surface area contributed by atoms with Gasteiger partial charge in [0.05, 0.1) is 17.9 Å². The highest BCUT2D eigenvalue weighted by Crippen LogP contribution is 2.17. The van der Waals surface area contributed by atoms with Gasteiger partial charge >= 0.3 is 0 Å². The van der Waals surface area contributed by atoms with Crippen molar-refractivity contribution in [3.05, 3.63) is 47.3 Å². The van der Waals surface area contributed by atoms with Gasteiger partial charge in [0.2, 0.25) is 5.91 Å². The summed E-state index contributed by atoms with van der Waals surface area (Å²) in [6, 6.07) is 9.97. The molecule has 3 N–H and O–H groups in total. The lowest BCUT2D eigenvalue weighted by molar-refractivity contribution is -0.117. The van der Waals surface area contributed by atoms with E-state index >= 15 is 0 Å². The number of para-hydroxylation sites is 1. The van der Waals surface area contributed by atoms with Crippen LogP contribution in [0.25, 0.3) is 5.69 Å². The first-order valence-electron chi connectivity index (χ1n) is 6.19. The molecule has 0 saturated heterocycles. The number of rotatable bonds is 5. The van der Waals surface area contributed by atoms with E-state index in [9.17, 15) is 4.79 Å². The fourth-order valence-electron chi connectivity index (χ4n) is 2.06. The molecule has 0 saturated carbocycles. The van der Waals surface area contributed by atoms with Crippen molar-refractivity contribution in [3.63, 3.8) is 0 Å². The van der Waals surface area contributed by atoms with Gasteiger partial charge in [-0.1, -0.05) is 18.2 Å². The molecule has 1 heterocycles. The molecule has 0 aliphatic rings.